The molecule has 0 fully saturated rings. The highest BCUT2D eigenvalue weighted by Crippen LogP contribution is 2.37. The maximum absolute atomic E-state index is 12.4. The first-order valence-corrected chi connectivity index (χ1v) is 11.5. The van der Waals surface area contributed by atoms with Crippen LogP contribution in [-0.4, -0.2) is 12.9 Å². The van der Waals surface area contributed by atoms with Gasteiger partial charge in [0.15, 0.2) is 5.78 Å². The summed E-state index contributed by atoms with van der Waals surface area (Å²) in [6.45, 7) is 2.31. The summed E-state index contributed by atoms with van der Waals surface area (Å²) >= 11 is 10.5. The van der Waals surface area contributed by atoms with E-state index in [4.69, 9.17) is 9.47 Å². The van der Waals surface area contributed by atoms with E-state index >= 15 is 0 Å². The molecule has 0 spiro atoms. The van der Waals surface area contributed by atoms with Gasteiger partial charge in [0.1, 0.15) is 18.1 Å². The van der Waals surface area contributed by atoms with Gasteiger partial charge in [-0.2, -0.15) is 0 Å². The van der Waals surface area contributed by atoms with Crippen molar-refractivity contribution in [2.45, 2.75) is 13.5 Å². The van der Waals surface area contributed by atoms with Crippen LogP contribution in [0, 0.1) is 6.92 Å². The predicted molar refractivity (Wildman–Crippen MR) is 131 cm³/mol. The summed E-state index contributed by atoms with van der Waals surface area (Å²) in [4.78, 5) is 12.4. The lowest BCUT2D eigenvalue weighted by Gasteiger charge is -2.14. The SMILES string of the molecule is COc1ccc(/C=C/C(=O)c2ccc(C)cc2)cc1COc1c(Br)cc(Br)cc1Br. The Balaban J connectivity index is 1.78. The van der Waals surface area contributed by atoms with E-state index in [1.807, 2.05) is 61.5 Å². The van der Waals surface area contributed by atoms with Gasteiger partial charge in [-0.25, -0.2) is 0 Å². The molecule has 3 nitrogen and oxygen atoms in total. The summed E-state index contributed by atoms with van der Waals surface area (Å²) in [7, 11) is 1.63. The zero-order chi connectivity index (χ0) is 21.7. The second kappa shape index (κ2) is 10.4. The first kappa shape index (κ1) is 22.8. The van der Waals surface area contributed by atoms with Crippen molar-refractivity contribution >= 4 is 59.6 Å². The number of halogens is 3. The molecule has 0 heterocycles. The van der Waals surface area contributed by atoms with E-state index in [0.29, 0.717) is 17.9 Å². The van der Waals surface area contributed by atoms with Crippen molar-refractivity contribution in [3.05, 3.63) is 96.3 Å². The number of hydrogen-bond acceptors (Lipinski definition) is 3. The Kier molecular flexibility index (Phi) is 7.92. The van der Waals surface area contributed by atoms with E-state index in [9.17, 15) is 4.79 Å². The van der Waals surface area contributed by atoms with Crippen LogP contribution in [0.3, 0.4) is 0 Å². The smallest absolute Gasteiger partial charge is 0.185 e. The van der Waals surface area contributed by atoms with Crippen molar-refractivity contribution in [3.63, 3.8) is 0 Å². The van der Waals surface area contributed by atoms with Gasteiger partial charge in [0.25, 0.3) is 0 Å². The highest BCUT2D eigenvalue weighted by Gasteiger charge is 2.11. The third-order valence-electron chi connectivity index (χ3n) is 4.40. The average Bonchev–Trinajstić information content (AvgIpc) is 2.71. The number of methoxy groups -OCH3 is 1. The molecule has 0 saturated carbocycles. The van der Waals surface area contributed by atoms with Crippen molar-refractivity contribution in [2.75, 3.05) is 7.11 Å². The lowest BCUT2D eigenvalue weighted by molar-refractivity contribution is 0.104. The Bertz CT molecular complexity index is 1070. The van der Waals surface area contributed by atoms with Crippen LogP contribution in [-0.2, 0) is 6.61 Å². The second-order valence-electron chi connectivity index (χ2n) is 6.62. The topological polar surface area (TPSA) is 35.5 Å². The monoisotopic (exact) mass is 592 g/mol. The van der Waals surface area contributed by atoms with Gasteiger partial charge in [0.05, 0.1) is 16.1 Å². The molecule has 0 unspecified atom stereocenters. The summed E-state index contributed by atoms with van der Waals surface area (Å²) in [5.41, 5.74) is 3.56. The predicted octanol–water partition coefficient (Wildman–Crippen LogP) is 7.77. The van der Waals surface area contributed by atoms with Crippen LogP contribution in [0.4, 0.5) is 0 Å². The molecule has 0 saturated heterocycles. The van der Waals surface area contributed by atoms with Gasteiger partial charge in [-0.3, -0.25) is 4.79 Å². The van der Waals surface area contributed by atoms with E-state index in [1.54, 1.807) is 19.3 Å². The highest BCUT2D eigenvalue weighted by atomic mass is 79.9. The summed E-state index contributed by atoms with van der Waals surface area (Å²) in [5.74, 6) is 1.39. The third kappa shape index (κ3) is 5.84. The van der Waals surface area contributed by atoms with E-state index < -0.39 is 0 Å². The second-order valence-corrected chi connectivity index (χ2v) is 9.25. The number of benzene rings is 3. The Morgan fingerprint density at radius 3 is 2.27 bits per heavy atom. The van der Waals surface area contributed by atoms with Crippen LogP contribution in [0.5, 0.6) is 11.5 Å². The zero-order valence-electron chi connectivity index (χ0n) is 16.4. The third-order valence-corrected chi connectivity index (χ3v) is 6.04. The molecule has 0 atom stereocenters. The van der Waals surface area contributed by atoms with Crippen LogP contribution < -0.4 is 9.47 Å². The Hall–Kier alpha value is -1.89. The van der Waals surface area contributed by atoms with E-state index in [-0.39, 0.29) is 5.78 Å². The van der Waals surface area contributed by atoms with Crippen LogP contribution >= 0.6 is 47.8 Å². The largest absolute Gasteiger partial charge is 0.496 e. The van der Waals surface area contributed by atoms with Crippen molar-refractivity contribution in [3.8, 4) is 11.5 Å². The molecule has 30 heavy (non-hydrogen) atoms. The molecule has 0 aliphatic rings. The molecule has 3 aromatic carbocycles. The molecule has 6 heteroatoms. The van der Waals surface area contributed by atoms with Crippen LogP contribution in [0.15, 0.2) is 74.1 Å². The highest BCUT2D eigenvalue weighted by molar-refractivity contribution is 9.11. The number of carbonyl (C=O) groups excluding carboxylic acids is 1. The van der Waals surface area contributed by atoms with Gasteiger partial charge in [-0.15, -0.1) is 0 Å². The quantitative estimate of drug-likeness (QED) is 0.207. The number of ether oxygens (including phenoxy) is 2. The van der Waals surface area contributed by atoms with Crippen molar-refractivity contribution in [1.29, 1.82) is 0 Å². The fraction of sp³-hybridized carbons (Fsp3) is 0.125. The average molecular weight is 595 g/mol. The van der Waals surface area contributed by atoms with Gasteiger partial charge in [-0.1, -0.05) is 57.9 Å². The van der Waals surface area contributed by atoms with Crippen molar-refractivity contribution in [1.82, 2.24) is 0 Å². The molecule has 154 valence electrons. The number of aryl methyl sites for hydroxylation is 1. The van der Waals surface area contributed by atoms with Gasteiger partial charge in [-0.05, 0) is 74.7 Å². The molecule has 0 aromatic heterocycles. The molecule has 0 N–H and O–H groups in total. The molecule has 0 bridgehead atoms. The molecular formula is C24H19Br3O3. The summed E-state index contributed by atoms with van der Waals surface area (Å²) in [6, 6.07) is 17.1. The van der Waals surface area contributed by atoms with E-state index in [2.05, 4.69) is 47.8 Å². The van der Waals surface area contributed by atoms with Crippen LogP contribution in [0.1, 0.15) is 27.0 Å². The summed E-state index contributed by atoms with van der Waals surface area (Å²) in [6.07, 6.45) is 3.38. The first-order chi connectivity index (χ1) is 14.4. The fourth-order valence-corrected chi connectivity index (χ4v) is 5.31. The molecule has 3 aromatic rings. The summed E-state index contributed by atoms with van der Waals surface area (Å²) in [5, 5.41) is 0. The van der Waals surface area contributed by atoms with Crippen molar-refractivity contribution < 1.29 is 14.3 Å². The van der Waals surface area contributed by atoms with Crippen molar-refractivity contribution in [2.24, 2.45) is 0 Å². The van der Waals surface area contributed by atoms with Crippen LogP contribution in [0.25, 0.3) is 6.08 Å². The number of allylic oxidation sites excluding steroid dienone is 1. The van der Waals surface area contributed by atoms with Crippen LogP contribution in [0.2, 0.25) is 0 Å². The molecule has 0 amide bonds. The van der Waals surface area contributed by atoms with Gasteiger partial charge >= 0.3 is 0 Å². The molecular weight excluding hydrogens is 576 g/mol. The molecule has 0 aliphatic heterocycles. The minimum atomic E-state index is -0.0358. The maximum atomic E-state index is 12.4. The lowest BCUT2D eigenvalue weighted by atomic mass is 10.1. The fourth-order valence-electron chi connectivity index (χ4n) is 2.82. The first-order valence-electron chi connectivity index (χ1n) is 9.10. The number of rotatable bonds is 7. The van der Waals surface area contributed by atoms with Gasteiger partial charge < -0.3 is 9.47 Å². The number of hydrogen-bond donors (Lipinski definition) is 0. The maximum Gasteiger partial charge on any atom is 0.185 e. The Morgan fingerprint density at radius 1 is 0.967 bits per heavy atom. The standard InChI is InChI=1S/C24H19Br3O3/c1-15-3-7-17(8-4-15)22(28)9-5-16-6-10-23(29-2)18(11-16)14-30-24-20(26)12-19(25)13-21(24)27/h3-13H,14H2,1-2H3/b9-5+. The number of ketones is 1. The minimum Gasteiger partial charge on any atom is -0.496 e. The zero-order valence-corrected chi connectivity index (χ0v) is 21.2. The van der Waals surface area contributed by atoms with Gasteiger partial charge in [0.2, 0.25) is 0 Å². The Labute approximate surface area is 201 Å². The molecule has 0 aliphatic carbocycles. The summed E-state index contributed by atoms with van der Waals surface area (Å²) < 4.78 is 14.1. The minimum absolute atomic E-state index is 0.0358. The lowest BCUT2D eigenvalue weighted by Crippen LogP contribution is -2.00. The van der Waals surface area contributed by atoms with E-state index in [0.717, 1.165) is 35.9 Å². The molecule has 3 rings (SSSR count). The Morgan fingerprint density at radius 2 is 1.63 bits per heavy atom. The van der Waals surface area contributed by atoms with Gasteiger partial charge in [0, 0.05) is 15.6 Å². The normalized spacial score (nSPS) is 11.0. The number of carbonyl (C=O) groups is 1. The molecule has 0 radical (unpaired) electrons. The van der Waals surface area contributed by atoms with E-state index in [1.165, 1.54) is 0 Å².